The maximum atomic E-state index is 14.2. The summed E-state index contributed by atoms with van der Waals surface area (Å²) in [5.74, 6) is -3.28. The summed E-state index contributed by atoms with van der Waals surface area (Å²) in [5.41, 5.74) is -0.497. The number of hydrogen-bond acceptors (Lipinski definition) is 8. The lowest BCUT2D eigenvalue weighted by atomic mass is 9.88. The largest absolute Gasteiger partial charge is 0.748 e. The van der Waals surface area contributed by atoms with Crippen molar-refractivity contribution < 1.29 is 41.2 Å². The minimum Gasteiger partial charge on any atom is -0.748 e. The molecular formula is C19H24FO8S-. The molecule has 0 N–H and O–H groups in total. The molecule has 0 bridgehead atoms. The molecule has 0 aliphatic heterocycles. The van der Waals surface area contributed by atoms with Gasteiger partial charge < -0.3 is 18.8 Å². The molecule has 0 spiro atoms. The van der Waals surface area contributed by atoms with Gasteiger partial charge in [0.15, 0.2) is 18.2 Å². The van der Waals surface area contributed by atoms with E-state index < -0.39 is 52.4 Å². The van der Waals surface area contributed by atoms with E-state index in [9.17, 15) is 27.0 Å². The second-order valence-corrected chi connectivity index (χ2v) is 8.76. The highest BCUT2D eigenvalue weighted by Gasteiger charge is 2.39. The van der Waals surface area contributed by atoms with E-state index in [1.165, 1.54) is 12.1 Å². The van der Waals surface area contributed by atoms with Crippen molar-refractivity contribution in [1.82, 2.24) is 0 Å². The predicted molar refractivity (Wildman–Crippen MR) is 98.9 cm³/mol. The number of carbonyl (C=O) groups is 2. The van der Waals surface area contributed by atoms with Crippen LogP contribution in [0.5, 0.6) is 5.75 Å². The molecular weight excluding hydrogens is 407 g/mol. The van der Waals surface area contributed by atoms with Crippen LogP contribution in [-0.4, -0.2) is 49.5 Å². The van der Waals surface area contributed by atoms with E-state index in [1.54, 1.807) is 0 Å². The van der Waals surface area contributed by atoms with Gasteiger partial charge in [0.25, 0.3) is 0 Å². The van der Waals surface area contributed by atoms with Crippen molar-refractivity contribution in [2.45, 2.75) is 45.1 Å². The number of rotatable bonds is 9. The third-order valence-electron chi connectivity index (χ3n) is 4.90. The number of halogens is 1. The van der Waals surface area contributed by atoms with E-state index in [2.05, 4.69) is 4.74 Å². The topological polar surface area (TPSA) is 119 Å². The summed E-state index contributed by atoms with van der Waals surface area (Å²) in [5, 5.41) is 0. The summed E-state index contributed by atoms with van der Waals surface area (Å²) in [6, 6.07) is 3.53. The lowest BCUT2D eigenvalue weighted by Gasteiger charge is -2.34. The molecule has 1 saturated carbocycles. The molecule has 0 atom stereocenters. The Labute approximate surface area is 169 Å². The monoisotopic (exact) mass is 431 g/mol. The zero-order valence-corrected chi connectivity index (χ0v) is 17.1. The van der Waals surface area contributed by atoms with Crippen LogP contribution in [0.2, 0.25) is 0 Å². The summed E-state index contributed by atoms with van der Waals surface area (Å²) in [7, 11) is -4.51. The Balaban J connectivity index is 1.97. The zero-order chi connectivity index (χ0) is 21.7. The van der Waals surface area contributed by atoms with Gasteiger partial charge in [-0.3, -0.25) is 0 Å². The van der Waals surface area contributed by atoms with Crippen LogP contribution < -0.4 is 4.74 Å². The maximum Gasteiger partial charge on any atom is 0.344 e. The Bertz CT molecular complexity index is 844. The van der Waals surface area contributed by atoms with Gasteiger partial charge in [-0.25, -0.2) is 22.4 Å². The summed E-state index contributed by atoms with van der Waals surface area (Å²) < 4.78 is 60.8. The van der Waals surface area contributed by atoms with Gasteiger partial charge in [0.2, 0.25) is 0 Å². The molecule has 0 amide bonds. The highest BCUT2D eigenvalue weighted by molar-refractivity contribution is 7.85. The van der Waals surface area contributed by atoms with E-state index in [-0.39, 0.29) is 17.2 Å². The Kier molecular flexibility index (Phi) is 7.59. The standard InChI is InChI=1S/C19H25FO8S/c1-13(2)19(7-3-4-8-19)28-16-11-14(5-6-15(16)20)18(22)27-12-17(21)26-9-10-29(23,24)25/h5-6,11,13H,3-4,7-10,12H2,1-2H3,(H,23,24,25)/p-1. The zero-order valence-electron chi connectivity index (χ0n) is 16.3. The van der Waals surface area contributed by atoms with Crippen molar-refractivity contribution >= 4 is 22.1 Å². The summed E-state index contributed by atoms with van der Waals surface area (Å²) in [6.45, 7) is 2.60. The van der Waals surface area contributed by atoms with Gasteiger partial charge in [0.1, 0.15) is 12.2 Å². The average Bonchev–Trinajstić information content (AvgIpc) is 3.10. The van der Waals surface area contributed by atoms with Gasteiger partial charge in [-0.05, 0) is 49.8 Å². The number of ether oxygens (including phenoxy) is 3. The molecule has 0 heterocycles. The number of esters is 2. The summed E-state index contributed by atoms with van der Waals surface area (Å²) in [4.78, 5) is 23.6. The van der Waals surface area contributed by atoms with Crippen molar-refractivity contribution in [3.05, 3.63) is 29.6 Å². The highest BCUT2D eigenvalue weighted by atomic mass is 32.2. The molecule has 1 aromatic rings. The first kappa shape index (κ1) is 23.1. The fourth-order valence-electron chi connectivity index (χ4n) is 3.21. The second-order valence-electron chi connectivity index (χ2n) is 7.23. The van der Waals surface area contributed by atoms with E-state index in [4.69, 9.17) is 9.47 Å². The molecule has 1 aliphatic carbocycles. The molecule has 162 valence electrons. The van der Waals surface area contributed by atoms with Crippen LogP contribution in [0.3, 0.4) is 0 Å². The van der Waals surface area contributed by atoms with Crippen LogP contribution in [0.1, 0.15) is 49.9 Å². The van der Waals surface area contributed by atoms with Gasteiger partial charge in [0.05, 0.1) is 21.4 Å². The molecule has 10 heteroatoms. The van der Waals surface area contributed by atoms with Crippen LogP contribution >= 0.6 is 0 Å². The minimum absolute atomic E-state index is 0.00626. The minimum atomic E-state index is -4.51. The highest BCUT2D eigenvalue weighted by Crippen LogP contribution is 2.40. The SMILES string of the molecule is CC(C)C1(Oc2cc(C(=O)OCC(=O)OCCS(=O)(=O)[O-])ccc2F)CCCC1. The van der Waals surface area contributed by atoms with Gasteiger partial charge >= 0.3 is 11.9 Å². The van der Waals surface area contributed by atoms with Crippen LogP contribution in [0, 0.1) is 11.7 Å². The average molecular weight is 431 g/mol. The van der Waals surface area contributed by atoms with Crippen molar-refractivity contribution in [1.29, 1.82) is 0 Å². The molecule has 0 aromatic heterocycles. The fourth-order valence-corrected chi connectivity index (χ4v) is 3.49. The molecule has 0 radical (unpaired) electrons. The summed E-state index contributed by atoms with van der Waals surface area (Å²) in [6.07, 6.45) is 3.56. The Morgan fingerprint density at radius 1 is 1.21 bits per heavy atom. The number of hydrogen-bond donors (Lipinski definition) is 0. The first-order valence-electron chi connectivity index (χ1n) is 9.27. The smallest absolute Gasteiger partial charge is 0.344 e. The van der Waals surface area contributed by atoms with Gasteiger partial charge in [0, 0.05) is 0 Å². The van der Waals surface area contributed by atoms with E-state index >= 15 is 0 Å². The molecule has 0 saturated heterocycles. The second kappa shape index (κ2) is 9.53. The molecule has 1 aromatic carbocycles. The summed E-state index contributed by atoms with van der Waals surface area (Å²) >= 11 is 0. The number of benzene rings is 1. The van der Waals surface area contributed by atoms with Crippen molar-refractivity contribution in [3.8, 4) is 5.75 Å². The predicted octanol–water partition coefficient (Wildman–Crippen LogP) is 2.42. The van der Waals surface area contributed by atoms with Crippen molar-refractivity contribution in [2.75, 3.05) is 19.0 Å². The van der Waals surface area contributed by atoms with Crippen molar-refractivity contribution in [3.63, 3.8) is 0 Å². The van der Waals surface area contributed by atoms with Gasteiger partial charge in [-0.1, -0.05) is 13.8 Å². The third-order valence-corrected chi connectivity index (χ3v) is 5.57. The molecule has 2 rings (SSSR count). The molecule has 1 aliphatic rings. The first-order valence-corrected chi connectivity index (χ1v) is 10.8. The van der Waals surface area contributed by atoms with Crippen LogP contribution in [0.15, 0.2) is 18.2 Å². The van der Waals surface area contributed by atoms with Gasteiger partial charge in [-0.15, -0.1) is 0 Å². The van der Waals surface area contributed by atoms with Crippen LogP contribution in [0.25, 0.3) is 0 Å². The molecule has 29 heavy (non-hydrogen) atoms. The Hall–Kier alpha value is -2.20. The van der Waals surface area contributed by atoms with E-state index in [0.29, 0.717) is 0 Å². The number of carbonyl (C=O) groups excluding carboxylic acids is 2. The Morgan fingerprint density at radius 2 is 1.86 bits per heavy atom. The molecule has 1 fully saturated rings. The van der Waals surface area contributed by atoms with Gasteiger partial charge in [-0.2, -0.15) is 0 Å². The normalized spacial score (nSPS) is 15.9. The Morgan fingerprint density at radius 3 is 2.45 bits per heavy atom. The van der Waals surface area contributed by atoms with Crippen LogP contribution in [0.4, 0.5) is 4.39 Å². The van der Waals surface area contributed by atoms with E-state index in [0.717, 1.165) is 31.7 Å². The van der Waals surface area contributed by atoms with E-state index in [1.807, 2.05) is 13.8 Å². The molecule has 8 nitrogen and oxygen atoms in total. The maximum absolute atomic E-state index is 14.2. The fraction of sp³-hybridized carbons (Fsp3) is 0.579. The lowest BCUT2D eigenvalue weighted by Crippen LogP contribution is -2.38. The lowest BCUT2D eigenvalue weighted by molar-refractivity contribution is -0.146. The van der Waals surface area contributed by atoms with Crippen LogP contribution in [-0.2, 0) is 24.4 Å². The molecule has 0 unspecified atom stereocenters. The van der Waals surface area contributed by atoms with Crippen molar-refractivity contribution in [2.24, 2.45) is 5.92 Å². The quantitative estimate of drug-likeness (QED) is 0.432. The third kappa shape index (κ3) is 6.67. The first-order chi connectivity index (χ1) is 13.5.